The molecule has 6 heteroatoms. The molecule has 0 saturated carbocycles. The summed E-state index contributed by atoms with van der Waals surface area (Å²) < 4.78 is 25.8. The lowest BCUT2D eigenvalue weighted by Crippen LogP contribution is -2.28. The van der Waals surface area contributed by atoms with E-state index < -0.39 is 29.2 Å². The van der Waals surface area contributed by atoms with Gasteiger partial charge in [0, 0.05) is 12.7 Å². The average Bonchev–Trinajstić information content (AvgIpc) is 2.29. The summed E-state index contributed by atoms with van der Waals surface area (Å²) in [5.74, 6) is -3.76. The highest BCUT2D eigenvalue weighted by Crippen LogP contribution is 2.08. The third-order valence-corrected chi connectivity index (χ3v) is 1.88. The Kier molecular flexibility index (Phi) is 3.89. The number of nitrogens with one attached hydrogen (secondary N) is 1. The SMILES string of the molecule is CC(C#N)CNC(=O)c1ccnc(F)c1F. The van der Waals surface area contributed by atoms with E-state index >= 15 is 0 Å². The van der Waals surface area contributed by atoms with E-state index in [4.69, 9.17) is 5.26 Å². The molecule has 0 aliphatic carbocycles. The van der Waals surface area contributed by atoms with E-state index in [0.717, 1.165) is 12.3 Å². The zero-order chi connectivity index (χ0) is 12.1. The van der Waals surface area contributed by atoms with Crippen LogP contribution in [0.3, 0.4) is 0 Å². The maximum Gasteiger partial charge on any atom is 0.254 e. The van der Waals surface area contributed by atoms with Crippen molar-refractivity contribution in [1.82, 2.24) is 10.3 Å². The number of pyridine rings is 1. The molecule has 0 aromatic carbocycles. The van der Waals surface area contributed by atoms with E-state index in [1.165, 1.54) is 0 Å². The largest absolute Gasteiger partial charge is 0.351 e. The van der Waals surface area contributed by atoms with Gasteiger partial charge in [-0.05, 0) is 13.0 Å². The van der Waals surface area contributed by atoms with Crippen LogP contribution in [-0.2, 0) is 0 Å². The van der Waals surface area contributed by atoms with E-state index in [0.29, 0.717) is 0 Å². The van der Waals surface area contributed by atoms with Gasteiger partial charge in [-0.2, -0.15) is 9.65 Å². The third kappa shape index (κ3) is 2.73. The molecule has 1 aromatic rings. The van der Waals surface area contributed by atoms with Gasteiger partial charge in [0.25, 0.3) is 5.91 Å². The Morgan fingerprint density at radius 3 is 3.00 bits per heavy atom. The minimum absolute atomic E-state index is 0.0821. The van der Waals surface area contributed by atoms with Crippen molar-refractivity contribution in [3.8, 4) is 6.07 Å². The van der Waals surface area contributed by atoms with E-state index in [2.05, 4.69) is 10.3 Å². The molecule has 1 rings (SSSR count). The van der Waals surface area contributed by atoms with Gasteiger partial charge in [-0.1, -0.05) is 0 Å². The lowest BCUT2D eigenvalue weighted by Gasteiger charge is -2.06. The Balaban J connectivity index is 2.75. The van der Waals surface area contributed by atoms with Crippen molar-refractivity contribution in [2.45, 2.75) is 6.92 Å². The molecule has 1 aromatic heterocycles. The van der Waals surface area contributed by atoms with Crippen LogP contribution in [0.4, 0.5) is 8.78 Å². The topological polar surface area (TPSA) is 65.8 Å². The maximum absolute atomic E-state index is 13.1. The van der Waals surface area contributed by atoms with Gasteiger partial charge < -0.3 is 5.32 Å². The van der Waals surface area contributed by atoms with Crippen molar-refractivity contribution in [1.29, 1.82) is 5.26 Å². The number of aromatic nitrogens is 1. The van der Waals surface area contributed by atoms with Gasteiger partial charge in [0.2, 0.25) is 5.95 Å². The molecule has 1 heterocycles. The van der Waals surface area contributed by atoms with Crippen LogP contribution < -0.4 is 5.32 Å². The van der Waals surface area contributed by atoms with Crippen LogP contribution in [0.15, 0.2) is 12.3 Å². The molecule has 0 radical (unpaired) electrons. The second-order valence-electron chi connectivity index (χ2n) is 3.20. The quantitative estimate of drug-likeness (QED) is 0.787. The molecule has 84 valence electrons. The molecule has 1 unspecified atom stereocenters. The highest BCUT2D eigenvalue weighted by atomic mass is 19.2. The minimum Gasteiger partial charge on any atom is -0.351 e. The van der Waals surface area contributed by atoms with Gasteiger partial charge in [0.05, 0.1) is 17.6 Å². The summed E-state index contributed by atoms with van der Waals surface area (Å²) in [6, 6.07) is 2.98. The van der Waals surface area contributed by atoms with Crippen LogP contribution in [-0.4, -0.2) is 17.4 Å². The Bertz CT molecular complexity index is 442. The average molecular weight is 225 g/mol. The number of hydrogen-bond acceptors (Lipinski definition) is 3. The van der Waals surface area contributed by atoms with Crippen molar-refractivity contribution < 1.29 is 13.6 Å². The summed E-state index contributed by atoms with van der Waals surface area (Å²) in [5.41, 5.74) is -0.419. The Labute approximate surface area is 90.9 Å². The van der Waals surface area contributed by atoms with Crippen molar-refractivity contribution >= 4 is 5.91 Å². The number of halogens is 2. The maximum atomic E-state index is 13.1. The summed E-state index contributed by atoms with van der Waals surface area (Å²) in [7, 11) is 0. The molecule has 0 aliphatic rings. The van der Waals surface area contributed by atoms with Crippen LogP contribution in [0.5, 0.6) is 0 Å². The van der Waals surface area contributed by atoms with Crippen molar-refractivity contribution in [2.24, 2.45) is 5.92 Å². The van der Waals surface area contributed by atoms with Gasteiger partial charge in [0.15, 0.2) is 5.82 Å². The van der Waals surface area contributed by atoms with Crippen LogP contribution in [0.25, 0.3) is 0 Å². The second kappa shape index (κ2) is 5.16. The number of nitrogens with zero attached hydrogens (tertiary/aromatic N) is 2. The Morgan fingerprint density at radius 1 is 1.69 bits per heavy atom. The lowest BCUT2D eigenvalue weighted by atomic mass is 10.2. The molecule has 1 atom stereocenters. The first-order chi connectivity index (χ1) is 7.56. The van der Waals surface area contributed by atoms with E-state index in [9.17, 15) is 13.6 Å². The fourth-order valence-corrected chi connectivity index (χ4v) is 0.980. The van der Waals surface area contributed by atoms with Crippen LogP contribution >= 0.6 is 0 Å². The summed E-state index contributed by atoms with van der Waals surface area (Å²) >= 11 is 0. The Morgan fingerprint density at radius 2 is 2.38 bits per heavy atom. The lowest BCUT2D eigenvalue weighted by molar-refractivity contribution is 0.0945. The van der Waals surface area contributed by atoms with Gasteiger partial charge in [-0.3, -0.25) is 4.79 Å². The highest BCUT2D eigenvalue weighted by molar-refractivity contribution is 5.94. The molecular weight excluding hydrogens is 216 g/mol. The summed E-state index contributed by atoms with van der Waals surface area (Å²) in [5, 5.41) is 10.8. The predicted octanol–water partition coefficient (Wildman–Crippen LogP) is 1.25. The number of hydrogen-bond donors (Lipinski definition) is 1. The zero-order valence-corrected chi connectivity index (χ0v) is 8.50. The molecule has 0 bridgehead atoms. The minimum atomic E-state index is -1.32. The fraction of sp³-hybridized carbons (Fsp3) is 0.300. The van der Waals surface area contributed by atoms with Gasteiger partial charge in [0.1, 0.15) is 0 Å². The van der Waals surface area contributed by atoms with E-state index in [1.54, 1.807) is 6.92 Å². The normalized spacial score (nSPS) is 11.6. The first-order valence-corrected chi connectivity index (χ1v) is 4.54. The third-order valence-electron chi connectivity index (χ3n) is 1.88. The Hall–Kier alpha value is -2.03. The first-order valence-electron chi connectivity index (χ1n) is 4.54. The monoisotopic (exact) mass is 225 g/mol. The van der Waals surface area contributed by atoms with Crippen LogP contribution in [0, 0.1) is 29.0 Å². The van der Waals surface area contributed by atoms with E-state index in [-0.39, 0.29) is 6.54 Å². The predicted molar refractivity (Wildman–Crippen MR) is 51.3 cm³/mol. The number of carbonyl (C=O) groups is 1. The zero-order valence-electron chi connectivity index (χ0n) is 8.50. The number of carbonyl (C=O) groups excluding carboxylic acids is 1. The molecule has 4 nitrogen and oxygen atoms in total. The summed E-state index contributed by atoms with van der Waals surface area (Å²) in [6.45, 7) is 1.68. The first kappa shape index (κ1) is 12.0. The molecule has 1 amide bonds. The number of nitriles is 1. The van der Waals surface area contributed by atoms with Crippen LogP contribution in [0.1, 0.15) is 17.3 Å². The summed E-state index contributed by atoms with van der Waals surface area (Å²) in [6.07, 6.45) is 1.00. The number of rotatable bonds is 3. The number of amides is 1. The molecule has 0 aliphatic heterocycles. The molecule has 16 heavy (non-hydrogen) atoms. The van der Waals surface area contributed by atoms with Gasteiger partial charge in [-0.15, -0.1) is 0 Å². The molecular formula is C10H9F2N3O. The second-order valence-corrected chi connectivity index (χ2v) is 3.20. The molecule has 0 spiro atoms. The van der Waals surface area contributed by atoms with Gasteiger partial charge in [-0.25, -0.2) is 9.37 Å². The molecule has 0 saturated heterocycles. The van der Waals surface area contributed by atoms with Crippen molar-refractivity contribution in [3.05, 3.63) is 29.6 Å². The summed E-state index contributed by atoms with van der Waals surface area (Å²) in [4.78, 5) is 14.4. The standard InChI is InChI=1S/C10H9F2N3O/c1-6(4-13)5-15-10(16)7-2-3-14-9(12)8(7)11/h2-3,6H,5H2,1H3,(H,15,16). The van der Waals surface area contributed by atoms with Crippen LogP contribution in [0.2, 0.25) is 0 Å². The van der Waals surface area contributed by atoms with Gasteiger partial charge >= 0.3 is 0 Å². The van der Waals surface area contributed by atoms with Crippen molar-refractivity contribution in [3.63, 3.8) is 0 Å². The van der Waals surface area contributed by atoms with E-state index in [1.807, 2.05) is 6.07 Å². The fourth-order valence-electron chi connectivity index (χ4n) is 0.980. The molecule has 0 fully saturated rings. The van der Waals surface area contributed by atoms with Crippen molar-refractivity contribution in [2.75, 3.05) is 6.54 Å². The molecule has 1 N–H and O–H groups in total. The highest BCUT2D eigenvalue weighted by Gasteiger charge is 2.16. The smallest absolute Gasteiger partial charge is 0.254 e.